The number of nitrogens with zero attached hydrogens (tertiary/aromatic N) is 2. The zero-order valence-corrected chi connectivity index (χ0v) is 16.5. The van der Waals surface area contributed by atoms with Crippen LogP contribution in [0.15, 0.2) is 40.6 Å². The lowest BCUT2D eigenvalue weighted by Gasteiger charge is -2.36. The highest BCUT2D eigenvalue weighted by Crippen LogP contribution is 2.32. The predicted octanol–water partition coefficient (Wildman–Crippen LogP) is 3.19. The molecule has 1 aliphatic rings. The molecule has 1 heterocycles. The van der Waals surface area contributed by atoms with Crippen molar-refractivity contribution in [1.29, 1.82) is 0 Å². The first-order chi connectivity index (χ1) is 13.3. The standard InChI is InChI=1S/C21H27N3O4/c1-11-5-6-15(7-12(11)2)23-24-17-9-14(4)13(3)8-16(17)22-21-20(27)19(26)18(25)10-28-21/h5-9,18-22,25-27H,10H2,1-4H3/t18-,19+,20+,21+/m0/s1. The van der Waals surface area contributed by atoms with Crippen molar-refractivity contribution in [2.45, 2.75) is 52.2 Å². The van der Waals surface area contributed by atoms with Crippen molar-refractivity contribution in [3.63, 3.8) is 0 Å². The molecular weight excluding hydrogens is 358 g/mol. The second-order valence-corrected chi connectivity index (χ2v) is 7.37. The number of aryl methyl sites for hydroxylation is 4. The second kappa shape index (κ2) is 8.36. The first-order valence-electron chi connectivity index (χ1n) is 9.29. The SMILES string of the molecule is Cc1ccc(N=Nc2cc(C)c(C)cc2N[C@@H]2OC[C@H](O)[C@@H](O)[C@H]2O)cc1C. The molecule has 3 rings (SSSR count). The molecule has 1 fully saturated rings. The van der Waals surface area contributed by atoms with Gasteiger partial charge in [0.1, 0.15) is 24.0 Å². The normalized spacial score (nSPS) is 25.2. The van der Waals surface area contributed by atoms with Crippen LogP contribution in [-0.2, 0) is 4.74 Å². The minimum atomic E-state index is -1.28. The summed E-state index contributed by atoms with van der Waals surface area (Å²) in [6.07, 6.45) is -4.53. The zero-order chi connectivity index (χ0) is 20.4. The molecule has 28 heavy (non-hydrogen) atoms. The van der Waals surface area contributed by atoms with Crippen LogP contribution in [0.5, 0.6) is 0 Å². The molecule has 0 saturated carbocycles. The fraction of sp³-hybridized carbons (Fsp3) is 0.429. The van der Waals surface area contributed by atoms with E-state index in [-0.39, 0.29) is 6.61 Å². The number of anilines is 1. The fourth-order valence-electron chi connectivity index (χ4n) is 2.99. The van der Waals surface area contributed by atoms with Gasteiger partial charge in [-0.2, -0.15) is 5.11 Å². The van der Waals surface area contributed by atoms with Crippen LogP contribution in [0.2, 0.25) is 0 Å². The Hall–Kier alpha value is -2.32. The summed E-state index contributed by atoms with van der Waals surface area (Å²) in [6, 6.07) is 9.69. The van der Waals surface area contributed by atoms with Crippen molar-refractivity contribution >= 4 is 17.1 Å². The predicted molar refractivity (Wildman–Crippen MR) is 107 cm³/mol. The summed E-state index contributed by atoms with van der Waals surface area (Å²) in [7, 11) is 0. The second-order valence-electron chi connectivity index (χ2n) is 7.37. The zero-order valence-electron chi connectivity index (χ0n) is 16.5. The van der Waals surface area contributed by atoms with Gasteiger partial charge in [0.15, 0.2) is 6.23 Å². The van der Waals surface area contributed by atoms with Crippen LogP contribution in [0.4, 0.5) is 17.1 Å². The summed E-state index contributed by atoms with van der Waals surface area (Å²) in [5.41, 5.74) is 6.40. The molecule has 0 aromatic heterocycles. The number of benzene rings is 2. The number of ether oxygens (including phenoxy) is 1. The first kappa shape index (κ1) is 20.4. The Kier molecular flexibility index (Phi) is 6.10. The molecule has 7 nitrogen and oxygen atoms in total. The van der Waals surface area contributed by atoms with Crippen LogP contribution in [0.25, 0.3) is 0 Å². The molecule has 0 amide bonds. The van der Waals surface area contributed by atoms with Gasteiger partial charge in [-0.3, -0.25) is 0 Å². The van der Waals surface area contributed by atoms with E-state index in [2.05, 4.69) is 15.5 Å². The maximum Gasteiger partial charge on any atom is 0.156 e. The van der Waals surface area contributed by atoms with Crippen LogP contribution in [-0.4, -0.2) is 46.5 Å². The van der Waals surface area contributed by atoms with E-state index in [1.165, 1.54) is 5.56 Å². The quantitative estimate of drug-likeness (QED) is 0.605. The summed E-state index contributed by atoms with van der Waals surface area (Å²) in [5.74, 6) is 0. The number of rotatable bonds is 4. The smallest absolute Gasteiger partial charge is 0.156 e. The Labute approximate surface area is 164 Å². The summed E-state index contributed by atoms with van der Waals surface area (Å²) in [6.45, 7) is 7.96. The highest BCUT2D eigenvalue weighted by atomic mass is 16.5. The molecular formula is C21H27N3O4. The van der Waals surface area contributed by atoms with Crippen molar-refractivity contribution in [2.24, 2.45) is 10.2 Å². The molecule has 4 atom stereocenters. The van der Waals surface area contributed by atoms with E-state index in [1.807, 2.05) is 58.0 Å². The molecule has 0 spiro atoms. The lowest BCUT2D eigenvalue weighted by atomic mass is 10.0. The van der Waals surface area contributed by atoms with Gasteiger partial charge in [0.2, 0.25) is 0 Å². The van der Waals surface area contributed by atoms with Gasteiger partial charge >= 0.3 is 0 Å². The average molecular weight is 385 g/mol. The number of nitrogens with one attached hydrogen (secondary N) is 1. The number of hydrogen-bond donors (Lipinski definition) is 4. The van der Waals surface area contributed by atoms with E-state index < -0.39 is 24.5 Å². The lowest BCUT2D eigenvalue weighted by Crippen LogP contribution is -2.55. The van der Waals surface area contributed by atoms with Crippen LogP contribution in [0.1, 0.15) is 22.3 Å². The van der Waals surface area contributed by atoms with E-state index in [9.17, 15) is 15.3 Å². The molecule has 7 heteroatoms. The van der Waals surface area contributed by atoms with Crippen molar-refractivity contribution in [3.05, 3.63) is 52.6 Å². The van der Waals surface area contributed by atoms with E-state index >= 15 is 0 Å². The number of aliphatic hydroxyl groups excluding tert-OH is 3. The number of azo groups is 1. The Balaban J connectivity index is 1.88. The highest BCUT2D eigenvalue weighted by Gasteiger charge is 2.37. The molecule has 150 valence electrons. The monoisotopic (exact) mass is 385 g/mol. The summed E-state index contributed by atoms with van der Waals surface area (Å²) >= 11 is 0. The van der Waals surface area contributed by atoms with Crippen LogP contribution >= 0.6 is 0 Å². The average Bonchev–Trinajstić information content (AvgIpc) is 2.66. The van der Waals surface area contributed by atoms with Crippen LogP contribution in [0, 0.1) is 27.7 Å². The summed E-state index contributed by atoms with van der Waals surface area (Å²) in [5, 5.41) is 41.5. The third kappa shape index (κ3) is 4.39. The van der Waals surface area contributed by atoms with Gasteiger partial charge in [0.25, 0.3) is 0 Å². The molecule has 0 unspecified atom stereocenters. The lowest BCUT2D eigenvalue weighted by molar-refractivity contribution is -0.178. The molecule has 2 aromatic rings. The number of aliphatic hydroxyl groups is 3. The Bertz CT molecular complexity index is 884. The largest absolute Gasteiger partial charge is 0.388 e. The molecule has 0 bridgehead atoms. The van der Waals surface area contributed by atoms with E-state index in [0.717, 1.165) is 22.4 Å². The highest BCUT2D eigenvalue weighted by molar-refractivity contribution is 5.68. The van der Waals surface area contributed by atoms with Crippen molar-refractivity contribution in [1.82, 2.24) is 0 Å². The molecule has 0 aliphatic carbocycles. The fourth-order valence-corrected chi connectivity index (χ4v) is 2.99. The van der Waals surface area contributed by atoms with Gasteiger partial charge in [0, 0.05) is 0 Å². The molecule has 1 saturated heterocycles. The Morgan fingerprint density at radius 2 is 1.54 bits per heavy atom. The van der Waals surface area contributed by atoms with Crippen LogP contribution in [0.3, 0.4) is 0 Å². The van der Waals surface area contributed by atoms with E-state index in [4.69, 9.17) is 4.74 Å². The van der Waals surface area contributed by atoms with Gasteiger partial charge < -0.3 is 25.4 Å². The van der Waals surface area contributed by atoms with Crippen molar-refractivity contribution in [2.75, 3.05) is 11.9 Å². The first-order valence-corrected chi connectivity index (χ1v) is 9.29. The van der Waals surface area contributed by atoms with Gasteiger partial charge in [-0.1, -0.05) is 6.07 Å². The maximum absolute atomic E-state index is 10.2. The van der Waals surface area contributed by atoms with Gasteiger partial charge in [-0.05, 0) is 74.2 Å². The van der Waals surface area contributed by atoms with Crippen LogP contribution < -0.4 is 5.32 Å². The van der Waals surface area contributed by atoms with Gasteiger partial charge in [-0.15, -0.1) is 5.11 Å². The third-order valence-electron chi connectivity index (χ3n) is 5.17. The third-order valence-corrected chi connectivity index (χ3v) is 5.17. The van der Waals surface area contributed by atoms with Gasteiger partial charge in [-0.25, -0.2) is 0 Å². The number of hydrogen-bond acceptors (Lipinski definition) is 7. The van der Waals surface area contributed by atoms with Crippen molar-refractivity contribution in [3.8, 4) is 0 Å². The Morgan fingerprint density at radius 1 is 0.857 bits per heavy atom. The van der Waals surface area contributed by atoms with E-state index in [1.54, 1.807) is 0 Å². The molecule has 4 N–H and O–H groups in total. The minimum Gasteiger partial charge on any atom is -0.388 e. The van der Waals surface area contributed by atoms with Crippen molar-refractivity contribution < 1.29 is 20.1 Å². The molecule has 2 aromatic carbocycles. The maximum atomic E-state index is 10.2. The summed E-state index contributed by atoms with van der Waals surface area (Å²) < 4.78 is 5.45. The van der Waals surface area contributed by atoms with E-state index in [0.29, 0.717) is 11.4 Å². The Morgan fingerprint density at radius 3 is 2.25 bits per heavy atom. The molecule has 1 aliphatic heterocycles. The summed E-state index contributed by atoms with van der Waals surface area (Å²) in [4.78, 5) is 0. The van der Waals surface area contributed by atoms with Gasteiger partial charge in [0.05, 0.1) is 18.0 Å². The topological polar surface area (TPSA) is 107 Å². The minimum absolute atomic E-state index is 0.0692. The molecule has 0 radical (unpaired) electrons.